The molecule has 1 saturated heterocycles. The third-order valence-corrected chi connectivity index (χ3v) is 5.24. The lowest BCUT2D eigenvalue weighted by Crippen LogP contribution is -2.21. The van der Waals surface area contributed by atoms with Gasteiger partial charge in [0.05, 0.1) is 11.5 Å². The minimum Gasteiger partial charge on any atom is -0.316 e. The fourth-order valence-corrected chi connectivity index (χ4v) is 3.99. The molecule has 0 spiro atoms. The minimum absolute atomic E-state index is 0.105. The SMILES string of the molecule is O=S1(=O)CCc2nc(CC3CCNC3)ncc2C1. The molecule has 0 amide bonds. The second kappa shape index (κ2) is 4.59. The second-order valence-corrected chi connectivity index (χ2v) is 7.35. The Hall–Kier alpha value is -1.01. The number of sulfone groups is 1. The monoisotopic (exact) mass is 267 g/mol. The van der Waals surface area contributed by atoms with Crippen LogP contribution in [0.3, 0.4) is 0 Å². The largest absolute Gasteiger partial charge is 0.316 e. The molecule has 6 heteroatoms. The Morgan fingerprint density at radius 2 is 2.33 bits per heavy atom. The molecule has 2 aliphatic rings. The van der Waals surface area contributed by atoms with Crippen molar-refractivity contribution >= 4 is 9.84 Å². The Morgan fingerprint density at radius 1 is 1.44 bits per heavy atom. The maximum Gasteiger partial charge on any atom is 0.154 e. The van der Waals surface area contributed by atoms with Gasteiger partial charge >= 0.3 is 0 Å². The van der Waals surface area contributed by atoms with E-state index < -0.39 is 9.84 Å². The van der Waals surface area contributed by atoms with Crippen LogP contribution in [0, 0.1) is 5.92 Å². The lowest BCUT2D eigenvalue weighted by Gasteiger charge is -2.16. The lowest BCUT2D eigenvalue weighted by atomic mass is 10.0. The maximum atomic E-state index is 11.5. The Labute approximate surface area is 107 Å². The predicted octanol–water partition coefficient (Wildman–Crippen LogP) is 0.0995. The van der Waals surface area contributed by atoms with E-state index in [9.17, 15) is 8.42 Å². The molecule has 1 aromatic heterocycles. The quantitative estimate of drug-likeness (QED) is 0.823. The first-order chi connectivity index (χ1) is 8.62. The Bertz CT molecular complexity index is 550. The first-order valence-corrected chi connectivity index (χ1v) is 8.19. The summed E-state index contributed by atoms with van der Waals surface area (Å²) in [5.41, 5.74) is 1.72. The van der Waals surface area contributed by atoms with Gasteiger partial charge in [-0.1, -0.05) is 0 Å². The standard InChI is InChI=1S/C12H17N3O2S/c16-18(17)4-2-11-10(8-18)7-14-12(15-11)5-9-1-3-13-6-9/h7,9,13H,1-6,8H2. The van der Waals surface area contributed by atoms with Gasteiger partial charge in [0.15, 0.2) is 9.84 Å². The van der Waals surface area contributed by atoms with Crippen LogP contribution in [-0.4, -0.2) is 37.2 Å². The van der Waals surface area contributed by atoms with Crippen LogP contribution in [0.5, 0.6) is 0 Å². The van der Waals surface area contributed by atoms with Gasteiger partial charge < -0.3 is 5.32 Å². The highest BCUT2D eigenvalue weighted by atomic mass is 32.2. The van der Waals surface area contributed by atoms with Crippen LogP contribution in [0.4, 0.5) is 0 Å². The third kappa shape index (κ3) is 2.54. The van der Waals surface area contributed by atoms with Crippen molar-refractivity contribution in [3.8, 4) is 0 Å². The van der Waals surface area contributed by atoms with Crippen LogP contribution in [-0.2, 0) is 28.4 Å². The topological polar surface area (TPSA) is 72.0 Å². The molecule has 0 aromatic carbocycles. The van der Waals surface area contributed by atoms with Crippen LogP contribution in [0.15, 0.2) is 6.20 Å². The Kier molecular flexibility index (Phi) is 3.07. The van der Waals surface area contributed by atoms with Gasteiger partial charge in [0.25, 0.3) is 0 Å². The fraction of sp³-hybridized carbons (Fsp3) is 0.667. The number of nitrogens with one attached hydrogen (secondary N) is 1. The normalized spacial score (nSPS) is 25.9. The molecule has 1 aromatic rings. The summed E-state index contributed by atoms with van der Waals surface area (Å²) in [6.07, 6.45) is 4.31. The van der Waals surface area contributed by atoms with Crippen molar-refractivity contribution in [2.45, 2.75) is 25.0 Å². The third-order valence-electron chi connectivity index (χ3n) is 3.66. The van der Waals surface area contributed by atoms with Gasteiger partial charge in [0, 0.05) is 30.3 Å². The number of aryl methyl sites for hydroxylation is 1. The van der Waals surface area contributed by atoms with Gasteiger partial charge in [-0.2, -0.15) is 0 Å². The van der Waals surface area contributed by atoms with Crippen LogP contribution >= 0.6 is 0 Å². The van der Waals surface area contributed by atoms with E-state index in [4.69, 9.17) is 0 Å². The zero-order valence-electron chi connectivity index (χ0n) is 10.2. The second-order valence-electron chi connectivity index (χ2n) is 5.16. The molecule has 0 radical (unpaired) electrons. The number of hydrogen-bond acceptors (Lipinski definition) is 5. The van der Waals surface area contributed by atoms with Crippen LogP contribution < -0.4 is 5.32 Å². The van der Waals surface area contributed by atoms with E-state index in [-0.39, 0.29) is 11.5 Å². The first-order valence-electron chi connectivity index (χ1n) is 6.37. The summed E-state index contributed by atoms with van der Waals surface area (Å²) >= 11 is 0. The van der Waals surface area contributed by atoms with Gasteiger partial charge in [0.1, 0.15) is 5.82 Å². The summed E-state index contributed by atoms with van der Waals surface area (Å²) in [6, 6.07) is 0. The highest BCUT2D eigenvalue weighted by Crippen LogP contribution is 2.19. The lowest BCUT2D eigenvalue weighted by molar-refractivity contribution is 0.557. The van der Waals surface area contributed by atoms with Crippen molar-refractivity contribution in [1.82, 2.24) is 15.3 Å². The van der Waals surface area contributed by atoms with E-state index in [1.54, 1.807) is 6.20 Å². The van der Waals surface area contributed by atoms with Gasteiger partial charge in [-0.05, 0) is 25.4 Å². The van der Waals surface area contributed by atoms with Crippen LogP contribution in [0.2, 0.25) is 0 Å². The van der Waals surface area contributed by atoms with E-state index in [0.29, 0.717) is 12.3 Å². The van der Waals surface area contributed by atoms with Crippen molar-refractivity contribution < 1.29 is 8.42 Å². The average Bonchev–Trinajstić information content (AvgIpc) is 2.81. The average molecular weight is 267 g/mol. The zero-order chi connectivity index (χ0) is 12.6. The van der Waals surface area contributed by atoms with Gasteiger partial charge in [-0.15, -0.1) is 0 Å². The van der Waals surface area contributed by atoms with Crippen molar-refractivity contribution in [3.05, 3.63) is 23.3 Å². The van der Waals surface area contributed by atoms with E-state index in [0.717, 1.165) is 36.6 Å². The molecule has 5 nitrogen and oxygen atoms in total. The smallest absolute Gasteiger partial charge is 0.154 e. The van der Waals surface area contributed by atoms with Crippen molar-refractivity contribution in [2.24, 2.45) is 5.92 Å². The van der Waals surface area contributed by atoms with Crippen molar-refractivity contribution in [3.63, 3.8) is 0 Å². The fourth-order valence-electron chi connectivity index (χ4n) is 2.63. The van der Waals surface area contributed by atoms with Gasteiger partial charge in [0.2, 0.25) is 0 Å². The van der Waals surface area contributed by atoms with E-state index in [2.05, 4.69) is 15.3 Å². The highest BCUT2D eigenvalue weighted by Gasteiger charge is 2.24. The maximum absolute atomic E-state index is 11.5. The summed E-state index contributed by atoms with van der Waals surface area (Å²) < 4.78 is 23.0. The number of fused-ring (bicyclic) bond motifs is 1. The molecule has 18 heavy (non-hydrogen) atoms. The predicted molar refractivity (Wildman–Crippen MR) is 67.9 cm³/mol. The summed E-state index contributed by atoms with van der Waals surface area (Å²) in [6.45, 7) is 2.11. The molecule has 1 unspecified atom stereocenters. The molecule has 2 aliphatic heterocycles. The Balaban J connectivity index is 1.79. The van der Waals surface area contributed by atoms with E-state index in [1.807, 2.05) is 0 Å². The molecule has 0 saturated carbocycles. The number of rotatable bonds is 2. The number of hydrogen-bond donors (Lipinski definition) is 1. The minimum atomic E-state index is -2.92. The molecule has 3 heterocycles. The molecule has 98 valence electrons. The molecule has 3 rings (SSSR count). The van der Waals surface area contributed by atoms with Gasteiger partial charge in [-0.3, -0.25) is 0 Å². The van der Waals surface area contributed by atoms with E-state index in [1.165, 1.54) is 6.42 Å². The summed E-state index contributed by atoms with van der Waals surface area (Å²) in [4.78, 5) is 8.86. The summed E-state index contributed by atoms with van der Waals surface area (Å²) in [5, 5.41) is 3.33. The van der Waals surface area contributed by atoms with Crippen LogP contribution in [0.1, 0.15) is 23.5 Å². The highest BCUT2D eigenvalue weighted by molar-refractivity contribution is 7.90. The summed E-state index contributed by atoms with van der Waals surface area (Å²) in [5.74, 6) is 1.81. The first kappa shape index (κ1) is 12.0. The molecule has 0 aliphatic carbocycles. The molecular weight excluding hydrogens is 250 g/mol. The van der Waals surface area contributed by atoms with Gasteiger partial charge in [-0.25, -0.2) is 18.4 Å². The number of aromatic nitrogens is 2. The molecule has 1 atom stereocenters. The molecule has 1 N–H and O–H groups in total. The molecule has 1 fully saturated rings. The van der Waals surface area contributed by atoms with E-state index >= 15 is 0 Å². The molecule has 0 bridgehead atoms. The molecular formula is C12H17N3O2S. The number of nitrogens with zero attached hydrogens (tertiary/aromatic N) is 2. The summed E-state index contributed by atoms with van der Waals surface area (Å²) in [7, 11) is -2.92. The zero-order valence-corrected chi connectivity index (χ0v) is 11.0. The van der Waals surface area contributed by atoms with Crippen molar-refractivity contribution in [2.75, 3.05) is 18.8 Å². The van der Waals surface area contributed by atoms with Crippen molar-refractivity contribution in [1.29, 1.82) is 0 Å². The Morgan fingerprint density at radius 3 is 3.11 bits per heavy atom. The van der Waals surface area contributed by atoms with Crippen LogP contribution in [0.25, 0.3) is 0 Å².